The molecule has 1 aliphatic heterocycles. The summed E-state index contributed by atoms with van der Waals surface area (Å²) in [5, 5.41) is 7.99. The summed E-state index contributed by atoms with van der Waals surface area (Å²) in [6, 6.07) is 3.68. The van der Waals surface area contributed by atoms with Crippen molar-refractivity contribution in [1.29, 1.82) is 0 Å². The van der Waals surface area contributed by atoms with Crippen LogP contribution in [0.1, 0.15) is 32.4 Å². The van der Waals surface area contributed by atoms with Crippen LogP contribution in [0, 0.1) is 12.3 Å². The van der Waals surface area contributed by atoms with Crippen molar-refractivity contribution in [2.24, 2.45) is 5.41 Å². The number of rotatable bonds is 4. The van der Waals surface area contributed by atoms with Gasteiger partial charge in [0, 0.05) is 18.5 Å². The van der Waals surface area contributed by atoms with E-state index in [2.05, 4.69) is 10.2 Å². The number of hydrogen-bond acceptors (Lipinski definition) is 4. The standard InChI is InChI=1S/C15H22ClN3O2/c1-11-6-7-13(18-17-11)21-12-5-4-8-19(9-12)14(20)15(2,3)10-16/h6-7,12H,4-5,8-10H2,1-3H3. The Morgan fingerprint density at radius 1 is 1.48 bits per heavy atom. The fourth-order valence-corrected chi connectivity index (χ4v) is 2.44. The van der Waals surface area contributed by atoms with Gasteiger partial charge in [0.25, 0.3) is 0 Å². The molecular formula is C15H22ClN3O2. The lowest BCUT2D eigenvalue weighted by atomic mass is 9.93. The number of aromatic nitrogens is 2. The molecule has 2 heterocycles. The minimum atomic E-state index is -0.535. The number of amides is 1. The fraction of sp³-hybridized carbons (Fsp3) is 0.667. The van der Waals surface area contributed by atoms with E-state index >= 15 is 0 Å². The summed E-state index contributed by atoms with van der Waals surface area (Å²) in [6.07, 6.45) is 1.81. The first-order valence-electron chi connectivity index (χ1n) is 7.25. The maximum absolute atomic E-state index is 12.5. The predicted molar refractivity (Wildman–Crippen MR) is 81.5 cm³/mol. The van der Waals surface area contributed by atoms with E-state index in [1.165, 1.54) is 0 Å². The molecule has 0 radical (unpaired) electrons. The van der Waals surface area contributed by atoms with Crippen LogP contribution in [0.5, 0.6) is 5.88 Å². The van der Waals surface area contributed by atoms with E-state index in [4.69, 9.17) is 16.3 Å². The Morgan fingerprint density at radius 3 is 2.86 bits per heavy atom. The third kappa shape index (κ3) is 4.06. The Hall–Kier alpha value is -1.36. The van der Waals surface area contributed by atoms with E-state index in [0.29, 0.717) is 18.3 Å². The van der Waals surface area contributed by atoms with Gasteiger partial charge < -0.3 is 9.64 Å². The molecule has 0 N–H and O–H groups in total. The lowest BCUT2D eigenvalue weighted by Gasteiger charge is -2.36. The molecule has 6 heteroatoms. The molecule has 0 spiro atoms. The summed E-state index contributed by atoms with van der Waals surface area (Å²) < 4.78 is 5.84. The predicted octanol–water partition coefficient (Wildman–Crippen LogP) is 2.42. The molecule has 116 valence electrons. The van der Waals surface area contributed by atoms with Gasteiger partial charge in [-0.3, -0.25) is 4.79 Å². The molecule has 1 unspecified atom stereocenters. The molecule has 2 rings (SSSR count). The monoisotopic (exact) mass is 311 g/mol. The second kappa shape index (κ2) is 6.60. The maximum atomic E-state index is 12.5. The number of piperidine rings is 1. The molecule has 1 fully saturated rings. The van der Waals surface area contributed by atoms with Crippen LogP contribution in [0.15, 0.2) is 12.1 Å². The quantitative estimate of drug-likeness (QED) is 0.801. The molecule has 1 saturated heterocycles. The highest BCUT2D eigenvalue weighted by molar-refractivity contribution is 6.19. The Morgan fingerprint density at radius 2 is 2.24 bits per heavy atom. The van der Waals surface area contributed by atoms with Crippen LogP contribution in [-0.4, -0.2) is 46.1 Å². The number of nitrogens with zero attached hydrogens (tertiary/aromatic N) is 3. The van der Waals surface area contributed by atoms with Crippen molar-refractivity contribution >= 4 is 17.5 Å². The van der Waals surface area contributed by atoms with Gasteiger partial charge in [-0.25, -0.2) is 0 Å². The molecule has 0 bridgehead atoms. The van der Waals surface area contributed by atoms with Crippen molar-refractivity contribution in [3.05, 3.63) is 17.8 Å². The number of halogens is 1. The number of alkyl halides is 1. The van der Waals surface area contributed by atoms with Gasteiger partial charge in [0.1, 0.15) is 6.10 Å². The molecule has 0 aromatic carbocycles. The van der Waals surface area contributed by atoms with Crippen molar-refractivity contribution in [1.82, 2.24) is 15.1 Å². The third-order valence-corrected chi connectivity index (χ3v) is 4.31. The minimum Gasteiger partial charge on any atom is -0.471 e. The summed E-state index contributed by atoms with van der Waals surface area (Å²) in [7, 11) is 0. The van der Waals surface area contributed by atoms with Crippen LogP contribution in [0.3, 0.4) is 0 Å². The van der Waals surface area contributed by atoms with E-state index in [9.17, 15) is 4.79 Å². The van der Waals surface area contributed by atoms with Crippen LogP contribution < -0.4 is 4.74 Å². The number of ether oxygens (including phenoxy) is 1. The Kier molecular flexibility index (Phi) is 5.04. The van der Waals surface area contributed by atoms with Crippen molar-refractivity contribution in [2.45, 2.75) is 39.7 Å². The van der Waals surface area contributed by atoms with Crippen LogP contribution in [-0.2, 0) is 4.79 Å². The van der Waals surface area contributed by atoms with Gasteiger partial charge in [0.15, 0.2) is 0 Å². The van der Waals surface area contributed by atoms with Gasteiger partial charge >= 0.3 is 0 Å². The average Bonchev–Trinajstić information content (AvgIpc) is 2.49. The number of carbonyl (C=O) groups excluding carboxylic acids is 1. The highest BCUT2D eigenvalue weighted by Gasteiger charge is 2.34. The van der Waals surface area contributed by atoms with Crippen LogP contribution in [0.2, 0.25) is 0 Å². The smallest absolute Gasteiger partial charge is 0.233 e. The molecule has 0 saturated carbocycles. The van der Waals surface area contributed by atoms with E-state index in [-0.39, 0.29) is 12.0 Å². The largest absolute Gasteiger partial charge is 0.471 e. The Bertz CT molecular complexity index is 490. The van der Waals surface area contributed by atoms with Crippen molar-refractivity contribution < 1.29 is 9.53 Å². The molecule has 1 aliphatic rings. The highest BCUT2D eigenvalue weighted by Crippen LogP contribution is 2.24. The Labute approximate surface area is 130 Å². The molecule has 1 aromatic rings. The minimum absolute atomic E-state index is 0.0363. The number of aryl methyl sites for hydroxylation is 1. The van der Waals surface area contributed by atoms with Gasteiger partial charge in [-0.2, -0.15) is 5.10 Å². The molecular weight excluding hydrogens is 290 g/mol. The highest BCUT2D eigenvalue weighted by atomic mass is 35.5. The zero-order valence-electron chi connectivity index (χ0n) is 12.8. The van der Waals surface area contributed by atoms with Crippen LogP contribution in [0.4, 0.5) is 0 Å². The molecule has 1 amide bonds. The lowest BCUT2D eigenvalue weighted by Crippen LogP contribution is -2.49. The topological polar surface area (TPSA) is 55.3 Å². The summed E-state index contributed by atoms with van der Waals surface area (Å²) in [6.45, 7) is 6.97. The number of hydrogen-bond donors (Lipinski definition) is 0. The van der Waals surface area contributed by atoms with Crippen molar-refractivity contribution in [3.63, 3.8) is 0 Å². The second-order valence-corrected chi connectivity index (χ2v) is 6.43. The van der Waals surface area contributed by atoms with Gasteiger partial charge in [-0.1, -0.05) is 0 Å². The number of carbonyl (C=O) groups is 1. The summed E-state index contributed by atoms with van der Waals surface area (Å²) in [5.41, 5.74) is 0.319. The Balaban J connectivity index is 1.97. The van der Waals surface area contributed by atoms with Crippen molar-refractivity contribution in [3.8, 4) is 5.88 Å². The third-order valence-electron chi connectivity index (χ3n) is 3.64. The zero-order chi connectivity index (χ0) is 15.5. The van der Waals surface area contributed by atoms with Crippen LogP contribution in [0.25, 0.3) is 0 Å². The molecule has 5 nitrogen and oxygen atoms in total. The normalized spacial score (nSPS) is 19.4. The first-order valence-corrected chi connectivity index (χ1v) is 7.78. The summed E-state index contributed by atoms with van der Waals surface area (Å²) in [5.74, 6) is 0.911. The summed E-state index contributed by atoms with van der Waals surface area (Å²) >= 11 is 5.89. The maximum Gasteiger partial charge on any atom is 0.233 e. The van der Waals surface area contributed by atoms with E-state index < -0.39 is 5.41 Å². The molecule has 1 atom stereocenters. The first kappa shape index (κ1) is 16.0. The molecule has 1 aromatic heterocycles. The zero-order valence-corrected chi connectivity index (χ0v) is 13.6. The van der Waals surface area contributed by atoms with Gasteiger partial charge in [0.05, 0.1) is 17.7 Å². The van der Waals surface area contributed by atoms with Gasteiger partial charge in [0.2, 0.25) is 11.8 Å². The SMILES string of the molecule is Cc1ccc(OC2CCCN(C(=O)C(C)(C)CCl)C2)nn1. The number of likely N-dealkylation sites (tertiary alicyclic amines) is 1. The van der Waals surface area contributed by atoms with E-state index in [1.54, 1.807) is 0 Å². The first-order chi connectivity index (χ1) is 9.92. The second-order valence-electron chi connectivity index (χ2n) is 6.16. The molecule has 0 aliphatic carbocycles. The van der Waals surface area contributed by atoms with Gasteiger partial charge in [-0.15, -0.1) is 16.7 Å². The van der Waals surface area contributed by atoms with E-state index in [0.717, 1.165) is 25.1 Å². The van der Waals surface area contributed by atoms with Crippen molar-refractivity contribution in [2.75, 3.05) is 19.0 Å². The van der Waals surface area contributed by atoms with Gasteiger partial charge in [-0.05, 0) is 39.7 Å². The summed E-state index contributed by atoms with van der Waals surface area (Å²) in [4.78, 5) is 14.3. The van der Waals surface area contributed by atoms with E-state index in [1.807, 2.05) is 37.8 Å². The van der Waals surface area contributed by atoms with Crippen LogP contribution >= 0.6 is 11.6 Å². The molecule has 21 heavy (non-hydrogen) atoms. The average molecular weight is 312 g/mol. The lowest BCUT2D eigenvalue weighted by molar-refractivity contribution is -0.142. The fourth-order valence-electron chi connectivity index (χ4n) is 2.32.